The maximum atomic E-state index is 13.7. The van der Waals surface area contributed by atoms with Crippen molar-refractivity contribution in [2.24, 2.45) is 5.73 Å². The fourth-order valence-corrected chi connectivity index (χ4v) is 6.17. The van der Waals surface area contributed by atoms with Gasteiger partial charge >= 0.3 is 0 Å². The first-order valence-electron chi connectivity index (χ1n) is 10.5. The van der Waals surface area contributed by atoms with E-state index in [4.69, 9.17) is 28.9 Å². The van der Waals surface area contributed by atoms with Gasteiger partial charge in [0.15, 0.2) is 5.60 Å². The molecule has 2 aromatic rings. The molecule has 2 aromatic carbocycles. The predicted molar refractivity (Wildman–Crippen MR) is 120 cm³/mol. The highest BCUT2D eigenvalue weighted by atomic mass is 35.5. The number of anilines is 1. The monoisotopic (exact) mass is 459 g/mol. The number of nitrogens with zero attached hydrogens (tertiary/aromatic N) is 2. The molecule has 3 heterocycles. The molecule has 3 aliphatic rings. The lowest BCUT2D eigenvalue weighted by Crippen LogP contribution is -2.45. The molecule has 31 heavy (non-hydrogen) atoms. The van der Waals surface area contributed by atoms with E-state index in [9.17, 15) is 14.7 Å². The zero-order chi connectivity index (χ0) is 21.9. The second-order valence-electron chi connectivity index (χ2n) is 8.56. The van der Waals surface area contributed by atoms with Gasteiger partial charge in [-0.2, -0.15) is 0 Å². The number of benzene rings is 2. The number of carbonyl (C=O) groups excluding carboxylic acids is 2. The third-order valence-electron chi connectivity index (χ3n) is 7.01. The third-order valence-corrected chi connectivity index (χ3v) is 7.64. The SMILES string of the molecule is NC(=O)c1cc(Cl)c2c(c1)N(CCN1C3CCC1CC3)C(=O)C2(O)c1ccccc1Cl. The molecule has 0 spiro atoms. The van der Waals surface area contributed by atoms with E-state index in [-0.39, 0.29) is 26.7 Å². The molecule has 3 N–H and O–H groups in total. The Labute approximate surface area is 190 Å². The van der Waals surface area contributed by atoms with Crippen LogP contribution < -0.4 is 10.6 Å². The average Bonchev–Trinajstić information content (AvgIpc) is 3.38. The summed E-state index contributed by atoms with van der Waals surface area (Å²) in [5, 5.41) is 12.1. The summed E-state index contributed by atoms with van der Waals surface area (Å²) in [5.74, 6) is -1.17. The summed E-state index contributed by atoms with van der Waals surface area (Å²) in [4.78, 5) is 29.5. The topological polar surface area (TPSA) is 86.9 Å². The van der Waals surface area contributed by atoms with Crippen LogP contribution >= 0.6 is 23.2 Å². The van der Waals surface area contributed by atoms with Crippen LogP contribution in [0.2, 0.25) is 10.0 Å². The number of carbonyl (C=O) groups is 2. The van der Waals surface area contributed by atoms with Crippen LogP contribution in [0.25, 0.3) is 0 Å². The van der Waals surface area contributed by atoms with Crippen molar-refractivity contribution in [3.63, 3.8) is 0 Å². The summed E-state index contributed by atoms with van der Waals surface area (Å²) in [6, 6.07) is 10.7. The van der Waals surface area contributed by atoms with Crippen LogP contribution in [0, 0.1) is 0 Å². The van der Waals surface area contributed by atoms with E-state index in [1.807, 2.05) is 0 Å². The highest BCUT2D eigenvalue weighted by Crippen LogP contribution is 2.50. The quantitative estimate of drug-likeness (QED) is 0.717. The molecule has 162 valence electrons. The van der Waals surface area contributed by atoms with E-state index >= 15 is 0 Å². The maximum absolute atomic E-state index is 13.7. The van der Waals surface area contributed by atoms with Crippen molar-refractivity contribution >= 4 is 40.7 Å². The number of fused-ring (bicyclic) bond motifs is 3. The van der Waals surface area contributed by atoms with Gasteiger partial charge < -0.3 is 15.7 Å². The first kappa shape index (κ1) is 20.8. The fraction of sp³-hybridized carbons (Fsp3) is 0.391. The zero-order valence-corrected chi connectivity index (χ0v) is 18.4. The molecule has 2 amide bonds. The lowest BCUT2D eigenvalue weighted by Gasteiger charge is -2.27. The Hall–Kier alpha value is -2.12. The molecule has 6 nitrogen and oxygen atoms in total. The van der Waals surface area contributed by atoms with E-state index in [2.05, 4.69) is 4.90 Å². The number of primary amides is 1. The lowest BCUT2D eigenvalue weighted by molar-refractivity contribution is -0.132. The molecule has 2 saturated heterocycles. The van der Waals surface area contributed by atoms with Gasteiger partial charge in [-0.15, -0.1) is 0 Å². The van der Waals surface area contributed by atoms with Gasteiger partial charge in [0, 0.05) is 46.9 Å². The van der Waals surface area contributed by atoms with Crippen LogP contribution in [0.15, 0.2) is 36.4 Å². The molecular weight excluding hydrogens is 437 g/mol. The van der Waals surface area contributed by atoms with Gasteiger partial charge in [-0.3, -0.25) is 14.5 Å². The van der Waals surface area contributed by atoms with Crippen molar-refractivity contribution < 1.29 is 14.7 Å². The van der Waals surface area contributed by atoms with E-state index in [1.54, 1.807) is 24.3 Å². The summed E-state index contributed by atoms with van der Waals surface area (Å²) in [6.45, 7) is 1.07. The number of amides is 2. The molecule has 0 saturated carbocycles. The van der Waals surface area contributed by atoms with Crippen LogP contribution in [0.4, 0.5) is 5.69 Å². The predicted octanol–water partition coefficient (Wildman–Crippen LogP) is 3.30. The van der Waals surface area contributed by atoms with Crippen molar-refractivity contribution in [1.29, 1.82) is 0 Å². The van der Waals surface area contributed by atoms with Crippen molar-refractivity contribution in [3.8, 4) is 0 Å². The molecule has 3 aliphatic heterocycles. The Morgan fingerprint density at radius 2 is 1.71 bits per heavy atom. The summed E-state index contributed by atoms with van der Waals surface area (Å²) in [5.41, 5.74) is 4.54. The zero-order valence-electron chi connectivity index (χ0n) is 16.9. The number of aliphatic hydroxyl groups is 1. The Morgan fingerprint density at radius 3 is 2.32 bits per heavy atom. The first-order valence-corrected chi connectivity index (χ1v) is 11.3. The van der Waals surface area contributed by atoms with Crippen molar-refractivity contribution in [2.75, 3.05) is 18.0 Å². The number of rotatable bonds is 5. The van der Waals surface area contributed by atoms with Crippen LogP contribution in [0.1, 0.15) is 47.2 Å². The second-order valence-corrected chi connectivity index (χ2v) is 9.38. The maximum Gasteiger partial charge on any atom is 0.268 e. The minimum atomic E-state index is -2.04. The largest absolute Gasteiger partial charge is 0.372 e. The number of hydrogen-bond acceptors (Lipinski definition) is 4. The minimum absolute atomic E-state index is 0.103. The number of halogens is 2. The van der Waals surface area contributed by atoms with Gasteiger partial charge in [-0.1, -0.05) is 41.4 Å². The van der Waals surface area contributed by atoms with E-state index in [0.717, 1.165) is 0 Å². The fourth-order valence-electron chi connectivity index (χ4n) is 5.54. The Morgan fingerprint density at radius 1 is 1.06 bits per heavy atom. The van der Waals surface area contributed by atoms with Gasteiger partial charge in [0.05, 0.1) is 10.7 Å². The van der Waals surface area contributed by atoms with Gasteiger partial charge in [0.25, 0.3) is 5.91 Å². The molecule has 2 bridgehead atoms. The normalized spacial score (nSPS) is 27.2. The first-order chi connectivity index (χ1) is 14.8. The van der Waals surface area contributed by atoms with Gasteiger partial charge in [-0.25, -0.2) is 0 Å². The molecule has 0 aromatic heterocycles. The van der Waals surface area contributed by atoms with Crippen molar-refractivity contribution in [3.05, 3.63) is 63.1 Å². The minimum Gasteiger partial charge on any atom is -0.372 e. The smallest absolute Gasteiger partial charge is 0.268 e. The van der Waals surface area contributed by atoms with Gasteiger partial charge in [0.2, 0.25) is 5.91 Å². The average molecular weight is 460 g/mol. The standard InChI is InChI=1S/C23H23Cl2N3O3/c24-17-4-2-1-3-16(17)23(31)20-18(25)11-13(21(26)29)12-19(20)28(22(23)30)10-9-27-14-5-6-15(27)8-7-14/h1-4,11-12,14-15,31H,5-10H2,(H2,26,29). The highest BCUT2D eigenvalue weighted by molar-refractivity contribution is 6.35. The molecule has 8 heteroatoms. The van der Waals surface area contributed by atoms with Crippen molar-refractivity contribution in [1.82, 2.24) is 4.90 Å². The van der Waals surface area contributed by atoms with Crippen LogP contribution in [0.3, 0.4) is 0 Å². The molecule has 1 atom stereocenters. The Kier molecular flexibility index (Phi) is 5.01. The summed E-state index contributed by atoms with van der Waals surface area (Å²) >= 11 is 12.9. The van der Waals surface area contributed by atoms with E-state index in [1.165, 1.54) is 42.7 Å². The number of hydrogen-bond donors (Lipinski definition) is 2. The van der Waals surface area contributed by atoms with E-state index < -0.39 is 17.4 Å². The van der Waals surface area contributed by atoms with Gasteiger partial charge in [0.1, 0.15) is 0 Å². The summed E-state index contributed by atoms with van der Waals surface area (Å²) in [6.07, 6.45) is 4.76. The van der Waals surface area contributed by atoms with Gasteiger partial charge in [-0.05, 0) is 43.9 Å². The second kappa shape index (κ2) is 7.48. The van der Waals surface area contributed by atoms with Crippen molar-refractivity contribution in [2.45, 2.75) is 43.4 Å². The summed E-state index contributed by atoms with van der Waals surface area (Å²) in [7, 11) is 0. The highest BCUT2D eigenvalue weighted by Gasteiger charge is 2.54. The molecule has 2 fully saturated rings. The Bertz CT molecular complexity index is 1070. The molecule has 0 aliphatic carbocycles. The number of nitrogens with two attached hydrogens (primary N) is 1. The third kappa shape index (κ3) is 3.08. The van der Waals surface area contributed by atoms with Crippen LogP contribution in [-0.4, -0.2) is 47.0 Å². The van der Waals surface area contributed by atoms with E-state index in [0.29, 0.717) is 30.9 Å². The lowest BCUT2D eigenvalue weighted by atomic mass is 9.87. The molecule has 5 rings (SSSR count). The van der Waals surface area contributed by atoms with Crippen LogP contribution in [-0.2, 0) is 10.4 Å². The molecule has 1 unspecified atom stereocenters. The molecular formula is C23H23Cl2N3O3. The molecule has 0 radical (unpaired) electrons. The summed E-state index contributed by atoms with van der Waals surface area (Å²) < 4.78 is 0. The van der Waals surface area contributed by atoms with Crippen LogP contribution in [0.5, 0.6) is 0 Å². The Balaban J connectivity index is 1.59.